The number of thiophene rings is 1. The lowest BCUT2D eigenvalue weighted by Crippen LogP contribution is -2.50. The predicted octanol–water partition coefficient (Wildman–Crippen LogP) is 5.15. The zero-order valence-electron chi connectivity index (χ0n) is 17.0. The number of ether oxygens (including phenoxy) is 2. The van der Waals surface area contributed by atoms with Gasteiger partial charge in [-0.05, 0) is 44.9 Å². The summed E-state index contributed by atoms with van der Waals surface area (Å²) in [5.41, 5.74) is 2.01. The molecule has 0 radical (unpaired) electrons. The van der Waals surface area contributed by atoms with Gasteiger partial charge in [0.05, 0.1) is 12.2 Å². The number of hydrogen-bond donors (Lipinski definition) is 2. The maximum Gasteiger partial charge on any atom is 0.341 e. The molecule has 0 aliphatic heterocycles. The van der Waals surface area contributed by atoms with Crippen molar-refractivity contribution in [2.75, 3.05) is 18.5 Å². The lowest BCUT2D eigenvalue weighted by molar-refractivity contribution is -0.123. The summed E-state index contributed by atoms with van der Waals surface area (Å²) >= 11 is 19.5. The molecular formula is C20H23Cl3N2O4S. The van der Waals surface area contributed by atoms with Crippen LogP contribution in [0.2, 0.25) is 0 Å². The zero-order valence-corrected chi connectivity index (χ0v) is 20.1. The van der Waals surface area contributed by atoms with Crippen molar-refractivity contribution >= 4 is 63.0 Å². The average Bonchev–Trinajstić information content (AvgIpc) is 2.93. The molecule has 0 unspecified atom stereocenters. The summed E-state index contributed by atoms with van der Waals surface area (Å²) in [4.78, 5) is 25.7. The number of carbonyl (C=O) groups excluding carboxylic acids is 2. The van der Waals surface area contributed by atoms with Crippen molar-refractivity contribution in [2.24, 2.45) is 0 Å². The summed E-state index contributed by atoms with van der Waals surface area (Å²) in [5, 5.41) is 6.01. The highest BCUT2D eigenvalue weighted by molar-refractivity contribution is 7.16. The van der Waals surface area contributed by atoms with Gasteiger partial charge in [-0.15, -0.1) is 11.3 Å². The van der Waals surface area contributed by atoms with Gasteiger partial charge in [0.1, 0.15) is 16.9 Å². The molecule has 30 heavy (non-hydrogen) atoms. The molecule has 10 heteroatoms. The molecule has 0 saturated heterocycles. The third-order valence-electron chi connectivity index (χ3n) is 4.23. The minimum Gasteiger partial charge on any atom is -0.484 e. The number of halogens is 3. The van der Waals surface area contributed by atoms with Crippen LogP contribution >= 0.6 is 46.1 Å². The summed E-state index contributed by atoms with van der Waals surface area (Å²) in [5.74, 6) is -0.399. The Bertz CT molecular complexity index is 912. The Morgan fingerprint density at radius 3 is 2.43 bits per heavy atom. The van der Waals surface area contributed by atoms with Crippen LogP contribution in [0.5, 0.6) is 5.75 Å². The topological polar surface area (TPSA) is 76.7 Å². The second-order valence-electron chi connectivity index (χ2n) is 6.45. The average molecular weight is 494 g/mol. The molecule has 2 aromatic rings. The molecule has 2 N–H and O–H groups in total. The molecular weight excluding hydrogens is 471 g/mol. The number of alkyl halides is 3. The van der Waals surface area contributed by atoms with E-state index in [1.54, 1.807) is 13.0 Å². The maximum atomic E-state index is 12.4. The molecule has 1 aromatic heterocycles. The Balaban J connectivity index is 2.16. The molecule has 0 aliphatic rings. The zero-order chi connectivity index (χ0) is 22.5. The third kappa shape index (κ3) is 6.41. The van der Waals surface area contributed by atoms with E-state index in [0.717, 1.165) is 16.0 Å². The maximum absolute atomic E-state index is 12.4. The number of hydrogen-bond acceptors (Lipinski definition) is 6. The van der Waals surface area contributed by atoms with Gasteiger partial charge in [0.2, 0.25) is 3.79 Å². The lowest BCUT2D eigenvalue weighted by atomic mass is 10.1. The highest BCUT2D eigenvalue weighted by Gasteiger charge is 2.36. The van der Waals surface area contributed by atoms with Gasteiger partial charge >= 0.3 is 5.97 Å². The number of esters is 1. The molecule has 6 nitrogen and oxygen atoms in total. The summed E-state index contributed by atoms with van der Waals surface area (Å²) < 4.78 is 8.78. The fraction of sp³-hybridized carbons (Fsp3) is 0.400. The number of anilines is 1. The quantitative estimate of drug-likeness (QED) is 0.302. The third-order valence-corrected chi connectivity index (χ3v) is 6.02. The van der Waals surface area contributed by atoms with Crippen LogP contribution in [0.4, 0.5) is 5.00 Å². The van der Waals surface area contributed by atoms with Crippen molar-refractivity contribution in [2.45, 2.75) is 37.7 Å². The van der Waals surface area contributed by atoms with Gasteiger partial charge < -0.3 is 20.1 Å². The molecule has 1 aromatic carbocycles. The smallest absolute Gasteiger partial charge is 0.341 e. The second-order valence-corrected chi connectivity index (χ2v) is 10.0. The van der Waals surface area contributed by atoms with E-state index >= 15 is 0 Å². The normalized spacial score (nSPS) is 12.2. The summed E-state index contributed by atoms with van der Waals surface area (Å²) in [7, 11) is 0. The van der Waals surface area contributed by atoms with Gasteiger partial charge in [-0.3, -0.25) is 4.79 Å². The summed E-state index contributed by atoms with van der Waals surface area (Å²) in [6.07, 6.45) is -1.11. The fourth-order valence-electron chi connectivity index (χ4n) is 2.57. The van der Waals surface area contributed by atoms with Crippen LogP contribution in [0.1, 0.15) is 33.3 Å². The van der Waals surface area contributed by atoms with Gasteiger partial charge in [0.15, 0.2) is 6.61 Å². The van der Waals surface area contributed by atoms with Crippen LogP contribution in [0.15, 0.2) is 24.3 Å². The van der Waals surface area contributed by atoms with E-state index < -0.39 is 21.8 Å². The molecule has 0 aliphatic carbocycles. The molecule has 1 heterocycles. The first-order valence-electron chi connectivity index (χ1n) is 9.12. The van der Waals surface area contributed by atoms with Gasteiger partial charge in [-0.25, -0.2) is 4.79 Å². The van der Waals surface area contributed by atoms with E-state index in [2.05, 4.69) is 10.6 Å². The number of aryl methyl sites for hydroxylation is 2. The van der Waals surface area contributed by atoms with Gasteiger partial charge in [-0.1, -0.05) is 53.0 Å². The van der Waals surface area contributed by atoms with Crippen molar-refractivity contribution in [1.82, 2.24) is 5.32 Å². The highest BCUT2D eigenvalue weighted by atomic mass is 35.6. The molecule has 0 spiro atoms. The van der Waals surface area contributed by atoms with Crippen molar-refractivity contribution in [3.63, 3.8) is 0 Å². The largest absolute Gasteiger partial charge is 0.484 e. The molecule has 1 atom stereocenters. The first-order valence-corrected chi connectivity index (χ1v) is 11.1. The molecule has 0 fully saturated rings. The second kappa shape index (κ2) is 10.6. The van der Waals surface area contributed by atoms with E-state index in [0.29, 0.717) is 16.3 Å². The van der Waals surface area contributed by atoms with Crippen LogP contribution in [0.3, 0.4) is 0 Å². The number of rotatable bonds is 8. The van der Waals surface area contributed by atoms with Crippen LogP contribution < -0.4 is 15.4 Å². The van der Waals surface area contributed by atoms with Crippen molar-refractivity contribution in [3.05, 3.63) is 45.8 Å². The minimum atomic E-state index is -1.89. The first kappa shape index (κ1) is 24.6. The van der Waals surface area contributed by atoms with Crippen molar-refractivity contribution < 1.29 is 19.1 Å². The Morgan fingerprint density at radius 1 is 1.17 bits per heavy atom. The van der Waals surface area contributed by atoms with E-state index in [1.165, 1.54) is 11.3 Å². The highest BCUT2D eigenvalue weighted by Crippen LogP contribution is 2.37. The Hall–Kier alpha value is -1.67. The number of carbonyl (C=O) groups is 2. The predicted molar refractivity (Wildman–Crippen MR) is 122 cm³/mol. The van der Waals surface area contributed by atoms with Gasteiger partial charge in [0, 0.05) is 4.88 Å². The van der Waals surface area contributed by atoms with Gasteiger partial charge in [-0.2, -0.15) is 0 Å². The summed E-state index contributed by atoms with van der Waals surface area (Å²) in [6, 6.07) is 7.31. The fourth-order valence-corrected chi connectivity index (χ4v) is 3.98. The molecule has 1 amide bonds. The minimum absolute atomic E-state index is 0.230. The van der Waals surface area contributed by atoms with Crippen LogP contribution in [-0.4, -0.2) is 35.0 Å². The molecule has 0 saturated carbocycles. The Kier molecular flexibility index (Phi) is 8.67. The van der Waals surface area contributed by atoms with Crippen LogP contribution in [0.25, 0.3) is 0 Å². The molecule has 0 bridgehead atoms. The number of benzene rings is 1. The number of para-hydroxylation sites is 1. The Morgan fingerprint density at radius 2 is 1.83 bits per heavy atom. The van der Waals surface area contributed by atoms with Crippen LogP contribution in [-0.2, 0) is 9.53 Å². The molecule has 2 rings (SSSR count). The van der Waals surface area contributed by atoms with E-state index in [9.17, 15) is 9.59 Å². The van der Waals surface area contributed by atoms with Crippen molar-refractivity contribution in [3.8, 4) is 5.75 Å². The number of amides is 1. The van der Waals surface area contributed by atoms with Crippen LogP contribution in [0, 0.1) is 20.8 Å². The summed E-state index contributed by atoms with van der Waals surface area (Å²) in [6.45, 7) is 7.23. The molecule has 164 valence electrons. The lowest BCUT2D eigenvalue weighted by Gasteiger charge is -2.27. The number of nitrogens with one attached hydrogen (secondary N) is 2. The standard InChI is InChI=1S/C20H23Cl3N2O4S/c1-5-28-18(27)16-12(3)13(4)30-17(16)25-19(20(21,22)23)24-15(26)10-29-14-9-7-6-8-11(14)2/h6-9,19,25H,5,10H2,1-4H3,(H,24,26)/t19-/m1/s1. The van der Waals surface area contributed by atoms with E-state index in [-0.39, 0.29) is 13.2 Å². The monoisotopic (exact) mass is 492 g/mol. The van der Waals surface area contributed by atoms with Gasteiger partial charge in [0.25, 0.3) is 5.91 Å². The van der Waals surface area contributed by atoms with E-state index in [1.807, 2.05) is 39.0 Å². The van der Waals surface area contributed by atoms with E-state index in [4.69, 9.17) is 44.3 Å². The first-order chi connectivity index (χ1) is 14.0. The Labute approximate surface area is 194 Å². The SMILES string of the molecule is CCOC(=O)c1c(N[C@@H](NC(=O)COc2ccccc2C)C(Cl)(Cl)Cl)sc(C)c1C. The van der Waals surface area contributed by atoms with Crippen molar-refractivity contribution in [1.29, 1.82) is 0 Å².